The van der Waals surface area contributed by atoms with E-state index in [9.17, 15) is 9.90 Å². The molecule has 0 saturated heterocycles. The molecule has 0 aliphatic heterocycles. The second-order valence-electron chi connectivity index (χ2n) is 8.96. The fourth-order valence-electron chi connectivity index (χ4n) is 4.26. The molecule has 0 fully saturated rings. The highest BCUT2D eigenvalue weighted by molar-refractivity contribution is 5.66. The zero-order valence-corrected chi connectivity index (χ0v) is 16.7. The van der Waals surface area contributed by atoms with Gasteiger partial charge in [-0.3, -0.25) is 4.79 Å². The second kappa shape index (κ2) is 6.75. The van der Waals surface area contributed by atoms with Gasteiger partial charge in [0.1, 0.15) is 6.10 Å². The van der Waals surface area contributed by atoms with Gasteiger partial charge >= 0.3 is 5.97 Å². The summed E-state index contributed by atoms with van der Waals surface area (Å²) in [4.78, 5) is 11.6. The fraction of sp³-hybridized carbons (Fsp3) is 0.682. The van der Waals surface area contributed by atoms with Crippen molar-refractivity contribution in [1.29, 1.82) is 0 Å². The van der Waals surface area contributed by atoms with E-state index in [1.165, 1.54) is 18.1 Å². The summed E-state index contributed by atoms with van der Waals surface area (Å²) in [6.07, 6.45) is 9.55. The SMILES string of the molecule is C=CC(C)(O)CC[C@@]1(C)C2=CCCC(C)(C)C2=C[C@H](OC(C)=O)[C@H]1C. The Hall–Kier alpha value is -1.35. The van der Waals surface area contributed by atoms with Crippen molar-refractivity contribution in [3.8, 4) is 0 Å². The van der Waals surface area contributed by atoms with E-state index in [1.54, 1.807) is 13.0 Å². The van der Waals surface area contributed by atoms with Crippen LogP contribution >= 0.6 is 0 Å². The van der Waals surface area contributed by atoms with E-state index >= 15 is 0 Å². The lowest BCUT2D eigenvalue weighted by Crippen LogP contribution is -2.45. The van der Waals surface area contributed by atoms with Crippen molar-refractivity contribution >= 4 is 5.97 Å². The van der Waals surface area contributed by atoms with E-state index in [0.717, 1.165) is 19.3 Å². The Morgan fingerprint density at radius 2 is 2.08 bits per heavy atom. The van der Waals surface area contributed by atoms with Gasteiger partial charge in [0, 0.05) is 12.8 Å². The second-order valence-corrected chi connectivity index (χ2v) is 8.96. The maximum Gasteiger partial charge on any atom is 0.303 e. The summed E-state index contributed by atoms with van der Waals surface area (Å²) in [5, 5.41) is 10.4. The molecule has 0 amide bonds. The van der Waals surface area contributed by atoms with Crippen LogP contribution in [0.5, 0.6) is 0 Å². The molecule has 0 aromatic heterocycles. The molecule has 0 aromatic carbocycles. The number of esters is 1. The Balaban J connectivity index is 2.46. The summed E-state index contributed by atoms with van der Waals surface area (Å²) >= 11 is 0. The van der Waals surface area contributed by atoms with Crippen LogP contribution in [-0.2, 0) is 9.53 Å². The van der Waals surface area contributed by atoms with Crippen molar-refractivity contribution in [2.24, 2.45) is 16.7 Å². The third-order valence-corrected chi connectivity index (χ3v) is 6.47. The predicted octanol–water partition coefficient (Wildman–Crippen LogP) is 4.96. The third-order valence-electron chi connectivity index (χ3n) is 6.47. The number of carbonyl (C=O) groups excluding carboxylic acids is 1. The van der Waals surface area contributed by atoms with Gasteiger partial charge in [0.05, 0.1) is 5.60 Å². The van der Waals surface area contributed by atoms with E-state index < -0.39 is 5.60 Å². The van der Waals surface area contributed by atoms with E-state index in [1.807, 2.05) is 0 Å². The smallest absolute Gasteiger partial charge is 0.303 e. The number of carbonyl (C=O) groups is 1. The first-order chi connectivity index (χ1) is 11.4. The summed E-state index contributed by atoms with van der Waals surface area (Å²) in [5.74, 6) is -0.0869. The third kappa shape index (κ3) is 3.92. The maximum absolute atomic E-state index is 11.6. The van der Waals surface area contributed by atoms with E-state index in [4.69, 9.17) is 4.74 Å². The van der Waals surface area contributed by atoms with Gasteiger partial charge in [0.25, 0.3) is 0 Å². The Labute approximate surface area is 152 Å². The Morgan fingerprint density at radius 1 is 1.44 bits per heavy atom. The van der Waals surface area contributed by atoms with Crippen molar-refractivity contribution in [1.82, 2.24) is 0 Å². The number of hydrogen-bond acceptors (Lipinski definition) is 3. The van der Waals surface area contributed by atoms with Gasteiger partial charge < -0.3 is 9.84 Å². The Morgan fingerprint density at radius 3 is 2.64 bits per heavy atom. The Kier molecular flexibility index (Phi) is 5.39. The van der Waals surface area contributed by atoms with Crippen LogP contribution in [0, 0.1) is 16.7 Å². The van der Waals surface area contributed by atoms with Gasteiger partial charge in [-0.25, -0.2) is 0 Å². The normalized spacial score (nSPS) is 33.4. The van der Waals surface area contributed by atoms with Gasteiger partial charge in [0.2, 0.25) is 0 Å². The number of aliphatic hydroxyl groups is 1. The van der Waals surface area contributed by atoms with Crippen LogP contribution in [0.1, 0.15) is 67.2 Å². The summed E-state index contributed by atoms with van der Waals surface area (Å²) in [6, 6.07) is 0. The number of rotatable bonds is 5. The lowest BCUT2D eigenvalue weighted by molar-refractivity contribution is -0.148. The molecule has 0 spiro atoms. The summed E-state index contributed by atoms with van der Waals surface area (Å²) in [7, 11) is 0. The molecular formula is C22H34O3. The lowest BCUT2D eigenvalue weighted by atomic mass is 9.55. The Bertz CT molecular complexity index is 609. The lowest BCUT2D eigenvalue weighted by Gasteiger charge is -2.51. The van der Waals surface area contributed by atoms with Gasteiger partial charge in [-0.2, -0.15) is 0 Å². The van der Waals surface area contributed by atoms with Gasteiger partial charge in [-0.1, -0.05) is 39.8 Å². The van der Waals surface area contributed by atoms with E-state index in [0.29, 0.717) is 6.42 Å². The fourth-order valence-corrected chi connectivity index (χ4v) is 4.26. The molecule has 1 N–H and O–H groups in total. The number of ether oxygens (including phenoxy) is 1. The molecule has 25 heavy (non-hydrogen) atoms. The highest BCUT2D eigenvalue weighted by atomic mass is 16.5. The molecule has 3 heteroatoms. The van der Waals surface area contributed by atoms with Gasteiger partial charge in [-0.15, -0.1) is 6.58 Å². The number of allylic oxidation sites excluding steroid dienone is 3. The summed E-state index contributed by atoms with van der Waals surface area (Å²) < 4.78 is 5.67. The van der Waals surface area contributed by atoms with Gasteiger partial charge in [-0.05, 0) is 60.7 Å². The van der Waals surface area contributed by atoms with Crippen LogP contribution in [0.3, 0.4) is 0 Å². The molecule has 0 aromatic rings. The molecule has 2 aliphatic carbocycles. The van der Waals surface area contributed by atoms with E-state index in [2.05, 4.69) is 46.4 Å². The average molecular weight is 347 g/mol. The van der Waals surface area contributed by atoms with Crippen molar-refractivity contribution in [2.75, 3.05) is 0 Å². The summed E-state index contributed by atoms with van der Waals surface area (Å²) in [6.45, 7) is 16.0. The van der Waals surface area contributed by atoms with Crippen molar-refractivity contribution in [3.63, 3.8) is 0 Å². The molecule has 2 rings (SSSR count). The largest absolute Gasteiger partial charge is 0.458 e. The molecule has 0 radical (unpaired) electrons. The minimum Gasteiger partial charge on any atom is -0.458 e. The minimum atomic E-state index is -0.883. The standard InChI is InChI=1S/C22H34O3/c1-8-21(6,24)12-13-22(7)15(2)19(25-16(3)23)14-18-17(22)10-9-11-20(18,4)5/h8,10,14-15,19,24H,1,9,11-13H2,2-7H3/t15-,19+,21?,22-/m1/s1. The molecule has 4 atom stereocenters. The first kappa shape index (κ1) is 20.0. The molecule has 3 nitrogen and oxygen atoms in total. The molecule has 0 heterocycles. The monoisotopic (exact) mass is 346 g/mol. The number of hydrogen-bond donors (Lipinski definition) is 1. The zero-order chi connectivity index (χ0) is 19.0. The topological polar surface area (TPSA) is 46.5 Å². The van der Waals surface area contributed by atoms with Crippen LogP contribution in [0.4, 0.5) is 0 Å². The van der Waals surface area contributed by atoms with Crippen LogP contribution in [0.2, 0.25) is 0 Å². The summed E-state index contributed by atoms with van der Waals surface area (Å²) in [5.41, 5.74) is 1.73. The first-order valence-corrected chi connectivity index (χ1v) is 9.39. The van der Waals surface area contributed by atoms with Crippen LogP contribution in [0.25, 0.3) is 0 Å². The maximum atomic E-state index is 11.6. The highest BCUT2D eigenvalue weighted by Gasteiger charge is 2.48. The average Bonchev–Trinajstić information content (AvgIpc) is 2.51. The van der Waals surface area contributed by atoms with E-state index in [-0.39, 0.29) is 28.8 Å². The highest BCUT2D eigenvalue weighted by Crippen LogP contribution is 2.56. The van der Waals surface area contributed by atoms with Crippen molar-refractivity contribution < 1.29 is 14.6 Å². The molecular weight excluding hydrogens is 312 g/mol. The molecule has 0 bridgehead atoms. The van der Waals surface area contributed by atoms with Crippen LogP contribution in [0.15, 0.2) is 36.0 Å². The quantitative estimate of drug-likeness (QED) is 0.565. The molecule has 2 aliphatic rings. The van der Waals surface area contributed by atoms with Crippen LogP contribution < -0.4 is 0 Å². The van der Waals surface area contributed by atoms with Crippen molar-refractivity contribution in [2.45, 2.75) is 78.9 Å². The predicted molar refractivity (Wildman–Crippen MR) is 102 cm³/mol. The number of fused-ring (bicyclic) bond motifs is 1. The molecule has 0 saturated carbocycles. The molecule has 1 unspecified atom stereocenters. The van der Waals surface area contributed by atoms with Gasteiger partial charge in [0.15, 0.2) is 0 Å². The minimum absolute atomic E-state index is 0.0742. The first-order valence-electron chi connectivity index (χ1n) is 9.39. The van der Waals surface area contributed by atoms with Crippen molar-refractivity contribution in [3.05, 3.63) is 36.0 Å². The zero-order valence-electron chi connectivity index (χ0n) is 16.7. The van der Waals surface area contributed by atoms with Crippen LogP contribution in [-0.4, -0.2) is 22.8 Å². The molecule has 140 valence electrons.